The van der Waals surface area contributed by atoms with Crippen molar-refractivity contribution in [3.8, 4) is 22.9 Å². The number of hydrogen-bond acceptors (Lipinski definition) is 6. The average Bonchev–Trinajstić information content (AvgIpc) is 3.20. The number of aromatic nitrogens is 3. The van der Waals surface area contributed by atoms with Crippen molar-refractivity contribution in [3.05, 3.63) is 65.3 Å². The Morgan fingerprint density at radius 1 is 1.17 bits per heavy atom. The van der Waals surface area contributed by atoms with Crippen LogP contribution >= 0.6 is 15.9 Å². The monoisotopic (exact) mass is 468 g/mol. The van der Waals surface area contributed by atoms with Gasteiger partial charge in [-0.1, -0.05) is 12.1 Å². The van der Waals surface area contributed by atoms with E-state index < -0.39 is 6.10 Å². The number of nitrogens with one attached hydrogen (secondary N) is 2. The zero-order valence-corrected chi connectivity index (χ0v) is 17.9. The third kappa shape index (κ3) is 4.72. The summed E-state index contributed by atoms with van der Waals surface area (Å²) in [4.78, 5) is 12.1. The number of pyridine rings is 1. The smallest absolute Gasteiger partial charge is 0.178 e. The standard InChI is InChI=1S/C22H21BrN4O3/c1-29-20-5-3-2-4-18(20)24-12-16(28)13-30-17-8-6-14(7-9-17)21-26-19-10-15(23)11-25-22(19)27-21/h2-11,16,24,28H,12-13H2,1H3,(H,25,26,27). The van der Waals surface area contributed by atoms with Crippen LogP contribution in [-0.2, 0) is 0 Å². The Hall–Kier alpha value is -3.10. The maximum absolute atomic E-state index is 10.2. The highest BCUT2D eigenvalue weighted by atomic mass is 79.9. The van der Waals surface area contributed by atoms with E-state index in [2.05, 4.69) is 36.2 Å². The van der Waals surface area contributed by atoms with E-state index in [0.717, 1.165) is 32.8 Å². The van der Waals surface area contributed by atoms with Gasteiger partial charge in [0.05, 0.1) is 18.3 Å². The van der Waals surface area contributed by atoms with Gasteiger partial charge in [0.15, 0.2) is 5.65 Å². The van der Waals surface area contributed by atoms with Gasteiger partial charge in [-0.3, -0.25) is 0 Å². The molecule has 0 fully saturated rings. The molecule has 2 heterocycles. The number of benzene rings is 2. The molecule has 2 aromatic carbocycles. The molecule has 0 aliphatic heterocycles. The molecule has 30 heavy (non-hydrogen) atoms. The minimum absolute atomic E-state index is 0.171. The molecule has 0 saturated carbocycles. The molecule has 0 amide bonds. The summed E-state index contributed by atoms with van der Waals surface area (Å²) >= 11 is 3.41. The van der Waals surface area contributed by atoms with Crippen molar-refractivity contribution in [2.75, 3.05) is 25.6 Å². The van der Waals surface area contributed by atoms with E-state index >= 15 is 0 Å². The summed E-state index contributed by atoms with van der Waals surface area (Å²) in [5.74, 6) is 2.14. The van der Waals surface area contributed by atoms with Crippen molar-refractivity contribution in [3.63, 3.8) is 0 Å². The van der Waals surface area contributed by atoms with Crippen LogP contribution in [0.2, 0.25) is 0 Å². The fourth-order valence-electron chi connectivity index (χ4n) is 2.99. The van der Waals surface area contributed by atoms with Gasteiger partial charge in [0, 0.05) is 22.8 Å². The van der Waals surface area contributed by atoms with Gasteiger partial charge in [-0.2, -0.15) is 0 Å². The molecule has 2 aromatic heterocycles. The lowest BCUT2D eigenvalue weighted by Crippen LogP contribution is -2.26. The fraction of sp³-hybridized carbons (Fsp3) is 0.182. The molecule has 1 atom stereocenters. The number of H-pyrrole nitrogens is 1. The Morgan fingerprint density at radius 2 is 1.97 bits per heavy atom. The van der Waals surface area contributed by atoms with E-state index in [0.29, 0.717) is 17.9 Å². The second-order valence-electron chi connectivity index (χ2n) is 6.68. The molecule has 0 bridgehead atoms. The van der Waals surface area contributed by atoms with Crippen LogP contribution in [0.1, 0.15) is 0 Å². The molecule has 154 valence electrons. The summed E-state index contributed by atoms with van der Waals surface area (Å²) in [6, 6.07) is 17.1. The molecular weight excluding hydrogens is 448 g/mol. The molecule has 4 aromatic rings. The quantitative estimate of drug-likeness (QED) is 0.358. The molecule has 8 heteroatoms. The van der Waals surface area contributed by atoms with Gasteiger partial charge in [-0.05, 0) is 58.4 Å². The maximum atomic E-state index is 10.2. The number of ether oxygens (including phenoxy) is 2. The summed E-state index contributed by atoms with van der Waals surface area (Å²) in [6.07, 6.45) is 1.05. The Labute approximate surface area is 182 Å². The summed E-state index contributed by atoms with van der Waals surface area (Å²) < 4.78 is 11.9. The first-order chi connectivity index (χ1) is 14.6. The van der Waals surface area contributed by atoms with E-state index in [4.69, 9.17) is 9.47 Å². The molecule has 3 N–H and O–H groups in total. The second kappa shape index (κ2) is 9.15. The maximum Gasteiger partial charge on any atom is 0.178 e. The van der Waals surface area contributed by atoms with E-state index in [1.54, 1.807) is 13.3 Å². The van der Waals surface area contributed by atoms with E-state index in [1.807, 2.05) is 54.6 Å². The lowest BCUT2D eigenvalue weighted by Gasteiger charge is -2.15. The van der Waals surface area contributed by atoms with Gasteiger partial charge in [-0.15, -0.1) is 0 Å². The zero-order valence-electron chi connectivity index (χ0n) is 16.3. The molecule has 4 rings (SSSR count). The lowest BCUT2D eigenvalue weighted by atomic mass is 10.2. The Kier molecular flexibility index (Phi) is 6.15. The predicted molar refractivity (Wildman–Crippen MR) is 120 cm³/mol. The molecule has 0 aliphatic carbocycles. The number of anilines is 1. The third-order valence-electron chi connectivity index (χ3n) is 4.51. The number of aliphatic hydroxyl groups is 1. The number of fused-ring (bicyclic) bond motifs is 1. The van der Waals surface area contributed by atoms with Crippen molar-refractivity contribution in [1.82, 2.24) is 15.0 Å². The van der Waals surface area contributed by atoms with Crippen molar-refractivity contribution in [2.24, 2.45) is 0 Å². The van der Waals surface area contributed by atoms with Crippen LogP contribution in [-0.4, -0.2) is 46.4 Å². The normalized spacial score (nSPS) is 12.0. The number of nitrogens with zero attached hydrogens (tertiary/aromatic N) is 2. The summed E-state index contributed by atoms with van der Waals surface area (Å²) in [6.45, 7) is 0.518. The topological polar surface area (TPSA) is 92.3 Å². The second-order valence-corrected chi connectivity index (χ2v) is 7.60. The Morgan fingerprint density at radius 3 is 2.77 bits per heavy atom. The van der Waals surface area contributed by atoms with Crippen LogP contribution < -0.4 is 14.8 Å². The number of imidazole rings is 1. The minimum Gasteiger partial charge on any atom is -0.495 e. The lowest BCUT2D eigenvalue weighted by molar-refractivity contribution is 0.117. The largest absolute Gasteiger partial charge is 0.495 e. The number of aromatic amines is 1. The number of para-hydroxylation sites is 2. The molecule has 0 radical (unpaired) electrons. The predicted octanol–water partition coefficient (Wildman–Crippen LogP) is 4.25. The van der Waals surface area contributed by atoms with Crippen LogP contribution in [0.15, 0.2) is 65.3 Å². The SMILES string of the molecule is COc1ccccc1NCC(O)COc1ccc(-c2nc3ncc(Br)cc3[nH]2)cc1. The molecule has 7 nitrogen and oxygen atoms in total. The first kappa shape index (κ1) is 20.2. The minimum atomic E-state index is -0.672. The fourth-order valence-corrected chi connectivity index (χ4v) is 3.32. The molecular formula is C22H21BrN4O3. The van der Waals surface area contributed by atoms with Gasteiger partial charge in [-0.25, -0.2) is 9.97 Å². The third-order valence-corrected chi connectivity index (χ3v) is 4.94. The Balaban J connectivity index is 1.33. The van der Waals surface area contributed by atoms with Crippen LogP contribution in [0, 0.1) is 0 Å². The van der Waals surface area contributed by atoms with Gasteiger partial charge < -0.3 is 24.9 Å². The van der Waals surface area contributed by atoms with Crippen molar-refractivity contribution in [2.45, 2.75) is 6.10 Å². The summed E-state index contributed by atoms with van der Waals surface area (Å²) in [5, 5.41) is 13.4. The summed E-state index contributed by atoms with van der Waals surface area (Å²) in [7, 11) is 1.62. The highest BCUT2D eigenvalue weighted by molar-refractivity contribution is 9.10. The first-order valence-electron chi connectivity index (χ1n) is 9.42. The summed E-state index contributed by atoms with van der Waals surface area (Å²) in [5.41, 5.74) is 3.29. The molecule has 0 saturated heterocycles. The van der Waals surface area contributed by atoms with E-state index in [-0.39, 0.29) is 6.61 Å². The number of rotatable bonds is 8. The van der Waals surface area contributed by atoms with Gasteiger partial charge in [0.25, 0.3) is 0 Å². The Bertz CT molecular complexity index is 1130. The first-order valence-corrected chi connectivity index (χ1v) is 10.2. The molecule has 0 aliphatic rings. The average molecular weight is 469 g/mol. The zero-order chi connectivity index (χ0) is 20.9. The van der Waals surface area contributed by atoms with Crippen LogP contribution in [0.4, 0.5) is 5.69 Å². The highest BCUT2D eigenvalue weighted by Gasteiger charge is 2.09. The number of halogens is 1. The van der Waals surface area contributed by atoms with Crippen molar-refractivity contribution >= 4 is 32.8 Å². The highest BCUT2D eigenvalue weighted by Crippen LogP contribution is 2.24. The van der Waals surface area contributed by atoms with E-state index in [9.17, 15) is 5.11 Å². The van der Waals surface area contributed by atoms with Crippen LogP contribution in [0.5, 0.6) is 11.5 Å². The van der Waals surface area contributed by atoms with Crippen LogP contribution in [0.25, 0.3) is 22.6 Å². The van der Waals surface area contributed by atoms with Gasteiger partial charge in [0.1, 0.15) is 30.0 Å². The van der Waals surface area contributed by atoms with Gasteiger partial charge in [0.2, 0.25) is 0 Å². The van der Waals surface area contributed by atoms with Crippen molar-refractivity contribution in [1.29, 1.82) is 0 Å². The molecule has 0 spiro atoms. The number of aliphatic hydroxyl groups excluding tert-OH is 1. The number of hydrogen-bond donors (Lipinski definition) is 3. The molecule has 1 unspecified atom stereocenters. The number of methoxy groups -OCH3 is 1. The van der Waals surface area contributed by atoms with Gasteiger partial charge >= 0.3 is 0 Å². The van der Waals surface area contributed by atoms with Crippen molar-refractivity contribution < 1.29 is 14.6 Å². The van der Waals surface area contributed by atoms with E-state index in [1.165, 1.54) is 0 Å². The van der Waals surface area contributed by atoms with Crippen LogP contribution in [0.3, 0.4) is 0 Å².